The van der Waals surface area contributed by atoms with Crippen molar-refractivity contribution in [1.29, 1.82) is 0 Å². The van der Waals surface area contributed by atoms with Crippen molar-refractivity contribution in [3.8, 4) is 5.75 Å². The predicted molar refractivity (Wildman–Crippen MR) is 124 cm³/mol. The van der Waals surface area contributed by atoms with Crippen LogP contribution in [0.3, 0.4) is 0 Å². The fourth-order valence-corrected chi connectivity index (χ4v) is 2.56. The molecule has 0 heterocycles. The van der Waals surface area contributed by atoms with E-state index in [1.807, 2.05) is 62.4 Å². The Morgan fingerprint density at radius 3 is 2.07 bits per heavy atom. The molecule has 0 aliphatic heterocycles. The van der Waals surface area contributed by atoms with Gasteiger partial charge < -0.3 is 4.74 Å². The molecule has 3 rings (SSSR count). The standard InChI is InChI=1S/C14H14O.C9H13F.C4H8/c1-12-7-9-14(10-8-12)15-11-13-5-3-2-4-6-13;1-2-3-8-4-6-9(10)7-5-8;1-3-4-2/h2-10H,11H2,1H3;4,6H,2-3,5,7H2,1H3;3-4H,1-2H3/b;;4-3-. The predicted octanol–water partition coefficient (Wildman–Crippen LogP) is 8.52. The Kier molecular flexibility index (Phi) is 12.9. The third-order valence-corrected chi connectivity index (χ3v) is 4.36. The van der Waals surface area contributed by atoms with Crippen molar-refractivity contribution in [3.63, 3.8) is 0 Å². The monoisotopic (exact) mass is 394 g/mol. The summed E-state index contributed by atoms with van der Waals surface area (Å²) in [5.74, 6) is 0.948. The zero-order chi connectivity index (χ0) is 21.3. The number of rotatable bonds is 5. The lowest BCUT2D eigenvalue weighted by Crippen LogP contribution is -1.94. The van der Waals surface area contributed by atoms with Crippen molar-refractivity contribution in [2.45, 2.75) is 60.0 Å². The number of hydrogen-bond acceptors (Lipinski definition) is 1. The van der Waals surface area contributed by atoms with Crippen molar-refractivity contribution < 1.29 is 9.13 Å². The van der Waals surface area contributed by atoms with Gasteiger partial charge in [0, 0.05) is 6.42 Å². The van der Waals surface area contributed by atoms with Gasteiger partial charge >= 0.3 is 0 Å². The molecule has 29 heavy (non-hydrogen) atoms. The molecule has 0 N–H and O–H groups in total. The molecule has 1 nitrogen and oxygen atoms in total. The summed E-state index contributed by atoms with van der Waals surface area (Å²) in [4.78, 5) is 0. The molecule has 1 aliphatic carbocycles. The maximum absolute atomic E-state index is 12.4. The quantitative estimate of drug-likeness (QED) is 0.462. The van der Waals surface area contributed by atoms with E-state index in [2.05, 4.69) is 38.1 Å². The summed E-state index contributed by atoms with van der Waals surface area (Å²) in [5, 5.41) is 0. The minimum absolute atomic E-state index is 0.0276. The van der Waals surface area contributed by atoms with Gasteiger partial charge in [-0.05, 0) is 57.4 Å². The molecule has 0 radical (unpaired) electrons. The number of aryl methyl sites for hydroxylation is 1. The van der Waals surface area contributed by atoms with Gasteiger partial charge in [-0.3, -0.25) is 0 Å². The van der Waals surface area contributed by atoms with Crippen LogP contribution in [0.4, 0.5) is 4.39 Å². The van der Waals surface area contributed by atoms with Crippen LogP contribution >= 0.6 is 0 Å². The normalized spacial score (nSPS) is 12.7. The van der Waals surface area contributed by atoms with E-state index in [4.69, 9.17) is 4.74 Å². The molecule has 2 heteroatoms. The second kappa shape index (κ2) is 15.3. The number of allylic oxidation sites excluding steroid dienone is 6. The third-order valence-electron chi connectivity index (χ3n) is 4.36. The van der Waals surface area contributed by atoms with Crippen molar-refractivity contribution in [2.24, 2.45) is 0 Å². The van der Waals surface area contributed by atoms with E-state index in [1.54, 1.807) is 6.08 Å². The van der Waals surface area contributed by atoms with Crippen LogP contribution in [0.25, 0.3) is 0 Å². The molecular weight excluding hydrogens is 359 g/mol. The number of ether oxygens (including phenoxy) is 1. The van der Waals surface area contributed by atoms with Gasteiger partial charge in [-0.1, -0.05) is 85.2 Å². The molecule has 156 valence electrons. The van der Waals surface area contributed by atoms with E-state index in [9.17, 15) is 4.39 Å². The lowest BCUT2D eigenvalue weighted by Gasteiger charge is -2.07. The van der Waals surface area contributed by atoms with Crippen molar-refractivity contribution in [3.05, 3.63) is 101 Å². The van der Waals surface area contributed by atoms with Crippen LogP contribution in [0.1, 0.15) is 57.6 Å². The van der Waals surface area contributed by atoms with Gasteiger partial charge in [-0.2, -0.15) is 0 Å². The molecule has 0 saturated heterocycles. The summed E-state index contributed by atoms with van der Waals surface area (Å²) in [6, 6.07) is 18.3. The highest BCUT2D eigenvalue weighted by molar-refractivity contribution is 5.27. The van der Waals surface area contributed by atoms with Gasteiger partial charge in [0.1, 0.15) is 18.2 Å². The zero-order valence-electron chi connectivity index (χ0n) is 18.3. The first-order chi connectivity index (χ1) is 14.1. The third kappa shape index (κ3) is 11.7. The maximum atomic E-state index is 12.4. The summed E-state index contributed by atoms with van der Waals surface area (Å²) in [7, 11) is 0. The summed E-state index contributed by atoms with van der Waals surface area (Å²) in [6.07, 6.45) is 11.4. The molecule has 0 atom stereocenters. The first kappa shape index (κ1) is 24.4. The molecule has 0 spiro atoms. The molecule has 0 fully saturated rings. The lowest BCUT2D eigenvalue weighted by molar-refractivity contribution is 0.306. The van der Waals surface area contributed by atoms with Crippen LogP contribution < -0.4 is 4.74 Å². The summed E-state index contributed by atoms with van der Waals surface area (Å²) >= 11 is 0. The molecule has 0 aromatic heterocycles. The number of halogens is 1. The minimum Gasteiger partial charge on any atom is -0.489 e. The van der Waals surface area contributed by atoms with Crippen LogP contribution in [-0.4, -0.2) is 0 Å². The van der Waals surface area contributed by atoms with Crippen molar-refractivity contribution >= 4 is 0 Å². The second-order valence-corrected chi connectivity index (χ2v) is 6.94. The zero-order valence-corrected chi connectivity index (χ0v) is 18.3. The molecule has 0 bridgehead atoms. The van der Waals surface area contributed by atoms with Gasteiger partial charge in [-0.15, -0.1) is 0 Å². The molecular formula is C27H35FO. The van der Waals surface area contributed by atoms with E-state index in [-0.39, 0.29) is 5.83 Å². The Morgan fingerprint density at radius 1 is 0.897 bits per heavy atom. The number of benzene rings is 2. The van der Waals surface area contributed by atoms with Gasteiger partial charge in [0.05, 0.1) is 0 Å². The van der Waals surface area contributed by atoms with Crippen LogP contribution in [0.5, 0.6) is 5.75 Å². The summed E-state index contributed by atoms with van der Waals surface area (Å²) < 4.78 is 18.1. The second-order valence-electron chi connectivity index (χ2n) is 6.94. The van der Waals surface area contributed by atoms with Gasteiger partial charge in [0.2, 0.25) is 0 Å². The first-order valence-electron chi connectivity index (χ1n) is 10.4. The highest BCUT2D eigenvalue weighted by Gasteiger charge is 2.03. The van der Waals surface area contributed by atoms with Crippen LogP contribution in [0, 0.1) is 6.92 Å². The van der Waals surface area contributed by atoms with Gasteiger partial charge in [0.25, 0.3) is 0 Å². The molecule has 0 saturated carbocycles. The smallest absolute Gasteiger partial charge is 0.119 e. The Labute approximate surface area is 176 Å². The van der Waals surface area contributed by atoms with Crippen LogP contribution in [-0.2, 0) is 6.61 Å². The van der Waals surface area contributed by atoms with E-state index < -0.39 is 0 Å². The molecule has 2 aromatic carbocycles. The molecule has 0 unspecified atom stereocenters. The number of hydrogen-bond donors (Lipinski definition) is 0. The van der Waals surface area contributed by atoms with Crippen LogP contribution in [0.15, 0.2) is 90.3 Å². The fourth-order valence-electron chi connectivity index (χ4n) is 2.56. The Morgan fingerprint density at radius 2 is 1.55 bits per heavy atom. The molecule has 2 aromatic rings. The van der Waals surface area contributed by atoms with E-state index in [1.165, 1.54) is 23.1 Å². The highest BCUT2D eigenvalue weighted by atomic mass is 19.1. The van der Waals surface area contributed by atoms with Crippen molar-refractivity contribution in [2.75, 3.05) is 0 Å². The first-order valence-corrected chi connectivity index (χ1v) is 10.4. The lowest BCUT2D eigenvalue weighted by atomic mass is 10.0. The van der Waals surface area contributed by atoms with E-state index >= 15 is 0 Å². The molecule has 0 amide bonds. The Balaban J connectivity index is 0.000000259. The maximum Gasteiger partial charge on any atom is 0.119 e. The van der Waals surface area contributed by atoms with Gasteiger partial charge in [0.15, 0.2) is 0 Å². The Hall–Kier alpha value is -2.61. The Bertz CT molecular complexity index is 747. The summed E-state index contributed by atoms with van der Waals surface area (Å²) in [5.41, 5.74) is 3.84. The minimum atomic E-state index is 0.0276. The topological polar surface area (TPSA) is 9.23 Å². The fraction of sp³-hybridized carbons (Fsp3) is 0.333. The molecule has 1 aliphatic rings. The summed E-state index contributed by atoms with van der Waals surface area (Å²) in [6.45, 7) is 8.85. The van der Waals surface area contributed by atoms with E-state index in [0.717, 1.165) is 18.6 Å². The highest BCUT2D eigenvalue weighted by Crippen LogP contribution is 2.21. The average molecular weight is 395 g/mol. The largest absolute Gasteiger partial charge is 0.489 e. The average Bonchev–Trinajstić information content (AvgIpc) is 2.76. The van der Waals surface area contributed by atoms with Crippen molar-refractivity contribution in [1.82, 2.24) is 0 Å². The van der Waals surface area contributed by atoms with Crippen LogP contribution in [0.2, 0.25) is 0 Å². The van der Waals surface area contributed by atoms with E-state index in [0.29, 0.717) is 13.0 Å². The SMILES string of the molecule is C/C=C\C.CCCC1=CC=C(F)CC1.Cc1ccc(OCc2ccccc2)cc1. The van der Waals surface area contributed by atoms with Gasteiger partial charge in [-0.25, -0.2) is 4.39 Å².